The standard InChI is InChI=1S/C17H14N4OS.ClH/c22-20-11-13-12-23-17(21-13)7-3-4-9-18-16-8-10-19-15-6-2-1-5-14(15)16;/h1-2,5-6,8,10-12,22H,4,9H2,(H,18,19);1H. The number of hydrogen-bond acceptors (Lipinski definition) is 6. The van der Waals surface area contributed by atoms with Crippen LogP contribution in [0.5, 0.6) is 0 Å². The molecule has 7 heteroatoms. The van der Waals surface area contributed by atoms with E-state index in [0.717, 1.165) is 23.1 Å². The summed E-state index contributed by atoms with van der Waals surface area (Å²) >= 11 is 1.43. The van der Waals surface area contributed by atoms with Crippen molar-refractivity contribution in [3.8, 4) is 11.8 Å². The number of oxime groups is 1. The molecule has 122 valence electrons. The van der Waals surface area contributed by atoms with E-state index in [4.69, 9.17) is 5.21 Å². The highest BCUT2D eigenvalue weighted by Gasteiger charge is 1.99. The van der Waals surface area contributed by atoms with Crippen LogP contribution in [0.4, 0.5) is 5.69 Å². The maximum absolute atomic E-state index is 8.44. The van der Waals surface area contributed by atoms with Gasteiger partial charge in [0.2, 0.25) is 0 Å². The van der Waals surface area contributed by atoms with Crippen molar-refractivity contribution in [3.05, 3.63) is 52.6 Å². The molecule has 0 amide bonds. The van der Waals surface area contributed by atoms with Crippen molar-refractivity contribution in [2.24, 2.45) is 5.16 Å². The van der Waals surface area contributed by atoms with E-state index >= 15 is 0 Å². The molecule has 0 bridgehead atoms. The van der Waals surface area contributed by atoms with Gasteiger partial charge in [0.25, 0.3) is 0 Å². The molecule has 1 aromatic carbocycles. The van der Waals surface area contributed by atoms with E-state index < -0.39 is 0 Å². The van der Waals surface area contributed by atoms with Crippen LogP contribution in [0.15, 0.2) is 47.1 Å². The fraction of sp³-hybridized carbons (Fsp3) is 0.118. The number of benzene rings is 1. The van der Waals surface area contributed by atoms with Crippen LogP contribution >= 0.6 is 23.7 Å². The van der Waals surface area contributed by atoms with Crippen molar-refractivity contribution >= 4 is 46.5 Å². The molecule has 2 aromatic heterocycles. The summed E-state index contributed by atoms with van der Waals surface area (Å²) in [6, 6.07) is 10.0. The molecule has 0 saturated carbocycles. The summed E-state index contributed by atoms with van der Waals surface area (Å²) in [5.41, 5.74) is 2.65. The average molecular weight is 359 g/mol. The van der Waals surface area contributed by atoms with E-state index in [2.05, 4.69) is 38.3 Å². The topological polar surface area (TPSA) is 70.4 Å². The van der Waals surface area contributed by atoms with Crippen molar-refractivity contribution in [3.63, 3.8) is 0 Å². The number of para-hydroxylation sites is 1. The summed E-state index contributed by atoms with van der Waals surface area (Å²) in [6.07, 6.45) is 3.80. The first-order valence-corrected chi connectivity index (χ1v) is 7.94. The summed E-state index contributed by atoms with van der Waals surface area (Å²) in [5.74, 6) is 6.10. The van der Waals surface area contributed by atoms with Crippen LogP contribution in [0.3, 0.4) is 0 Å². The Hall–Kier alpha value is -2.62. The maximum atomic E-state index is 8.44. The molecular weight excluding hydrogens is 344 g/mol. The van der Waals surface area contributed by atoms with Crippen molar-refractivity contribution in [1.82, 2.24) is 9.97 Å². The fourth-order valence-corrected chi connectivity index (χ4v) is 2.74. The lowest BCUT2D eigenvalue weighted by molar-refractivity contribution is 0.321. The predicted octanol–water partition coefficient (Wildman–Crippen LogP) is 3.77. The third-order valence-corrected chi connectivity index (χ3v) is 3.90. The molecule has 0 saturated heterocycles. The largest absolute Gasteiger partial charge is 0.411 e. The minimum absolute atomic E-state index is 0. The van der Waals surface area contributed by atoms with E-state index in [-0.39, 0.29) is 12.4 Å². The first-order valence-electron chi connectivity index (χ1n) is 7.06. The predicted molar refractivity (Wildman–Crippen MR) is 100 cm³/mol. The van der Waals surface area contributed by atoms with Gasteiger partial charge in [-0.3, -0.25) is 4.98 Å². The van der Waals surface area contributed by atoms with Gasteiger partial charge in [0.05, 0.1) is 17.4 Å². The smallest absolute Gasteiger partial charge is 0.167 e. The van der Waals surface area contributed by atoms with Gasteiger partial charge < -0.3 is 10.5 Å². The Balaban J connectivity index is 0.00000208. The molecule has 3 aromatic rings. The zero-order valence-electron chi connectivity index (χ0n) is 12.6. The van der Waals surface area contributed by atoms with Crippen molar-refractivity contribution in [2.75, 3.05) is 11.9 Å². The van der Waals surface area contributed by atoms with Gasteiger partial charge in [-0.2, -0.15) is 0 Å². The summed E-state index contributed by atoms with van der Waals surface area (Å²) < 4.78 is 0. The van der Waals surface area contributed by atoms with E-state index in [0.29, 0.717) is 17.1 Å². The minimum atomic E-state index is 0. The number of thiazole rings is 1. The first-order chi connectivity index (χ1) is 11.4. The second-order valence-corrected chi connectivity index (χ2v) is 5.53. The molecule has 0 spiro atoms. The molecule has 0 fully saturated rings. The van der Waals surface area contributed by atoms with Gasteiger partial charge in [-0.1, -0.05) is 29.3 Å². The Bertz CT molecular complexity index is 893. The lowest BCUT2D eigenvalue weighted by atomic mass is 10.2. The number of halogens is 1. The number of anilines is 1. The van der Waals surface area contributed by atoms with Crippen LogP contribution in [0, 0.1) is 11.8 Å². The third kappa shape index (κ3) is 4.44. The number of nitrogens with one attached hydrogen (secondary N) is 1. The molecule has 24 heavy (non-hydrogen) atoms. The molecule has 2 heterocycles. The van der Waals surface area contributed by atoms with Crippen LogP contribution < -0.4 is 5.32 Å². The van der Waals surface area contributed by atoms with Crippen molar-refractivity contribution in [2.45, 2.75) is 6.42 Å². The normalized spacial score (nSPS) is 10.2. The Labute approximate surface area is 149 Å². The number of pyridine rings is 1. The Morgan fingerprint density at radius 3 is 3.04 bits per heavy atom. The van der Waals surface area contributed by atoms with Crippen LogP contribution in [0.1, 0.15) is 17.1 Å². The molecule has 0 radical (unpaired) electrons. The zero-order chi connectivity index (χ0) is 15.9. The van der Waals surface area contributed by atoms with Gasteiger partial charge in [-0.25, -0.2) is 4.98 Å². The van der Waals surface area contributed by atoms with Gasteiger partial charge in [-0.15, -0.1) is 23.7 Å². The zero-order valence-corrected chi connectivity index (χ0v) is 14.3. The number of fused-ring (bicyclic) bond motifs is 1. The van der Waals surface area contributed by atoms with Gasteiger partial charge in [-0.05, 0) is 18.1 Å². The quantitative estimate of drug-likeness (QED) is 0.245. The van der Waals surface area contributed by atoms with Gasteiger partial charge in [0.1, 0.15) is 0 Å². The van der Waals surface area contributed by atoms with Gasteiger partial charge in [0, 0.05) is 35.6 Å². The van der Waals surface area contributed by atoms with E-state index in [1.54, 1.807) is 11.6 Å². The molecule has 0 aliphatic heterocycles. The summed E-state index contributed by atoms with van der Waals surface area (Å²) in [4.78, 5) is 8.54. The maximum Gasteiger partial charge on any atom is 0.167 e. The van der Waals surface area contributed by atoms with Crippen LogP contribution in [-0.2, 0) is 0 Å². The summed E-state index contributed by atoms with van der Waals surface area (Å²) in [5, 5.41) is 18.4. The van der Waals surface area contributed by atoms with E-state index in [9.17, 15) is 0 Å². The highest BCUT2D eigenvalue weighted by Crippen LogP contribution is 2.20. The second-order valence-electron chi connectivity index (χ2n) is 4.68. The Morgan fingerprint density at radius 1 is 1.29 bits per heavy atom. The van der Waals surface area contributed by atoms with E-state index in [1.807, 2.05) is 24.3 Å². The molecular formula is C17H15ClN4OS. The van der Waals surface area contributed by atoms with Crippen LogP contribution in [-0.4, -0.2) is 27.9 Å². The fourth-order valence-electron chi connectivity index (χ4n) is 2.11. The molecule has 5 nitrogen and oxygen atoms in total. The van der Waals surface area contributed by atoms with Crippen molar-refractivity contribution < 1.29 is 5.21 Å². The number of hydrogen-bond donors (Lipinski definition) is 2. The van der Waals surface area contributed by atoms with Gasteiger partial charge >= 0.3 is 0 Å². The highest BCUT2D eigenvalue weighted by atomic mass is 35.5. The minimum Gasteiger partial charge on any atom is -0.411 e. The monoisotopic (exact) mass is 358 g/mol. The molecule has 2 N–H and O–H groups in total. The summed E-state index contributed by atoms with van der Waals surface area (Å²) in [7, 11) is 0. The van der Waals surface area contributed by atoms with Crippen LogP contribution in [0.2, 0.25) is 0 Å². The SMILES string of the molecule is Cl.ON=Cc1csc(C#CCCNc2ccnc3ccccc23)n1. The van der Waals surface area contributed by atoms with E-state index in [1.165, 1.54) is 17.6 Å². The van der Waals surface area contributed by atoms with Crippen molar-refractivity contribution in [1.29, 1.82) is 0 Å². The molecule has 0 aliphatic carbocycles. The summed E-state index contributed by atoms with van der Waals surface area (Å²) in [6.45, 7) is 0.747. The molecule has 0 unspecified atom stereocenters. The lowest BCUT2D eigenvalue weighted by Gasteiger charge is -2.07. The molecule has 0 atom stereocenters. The van der Waals surface area contributed by atoms with Gasteiger partial charge in [0.15, 0.2) is 5.01 Å². The number of rotatable bonds is 4. The highest BCUT2D eigenvalue weighted by molar-refractivity contribution is 7.10. The lowest BCUT2D eigenvalue weighted by Crippen LogP contribution is -2.01. The number of aromatic nitrogens is 2. The average Bonchev–Trinajstić information content (AvgIpc) is 3.02. The third-order valence-electron chi connectivity index (χ3n) is 3.12. The Kier molecular flexibility index (Phi) is 6.55. The van der Waals surface area contributed by atoms with Crippen LogP contribution in [0.25, 0.3) is 10.9 Å². The molecule has 0 aliphatic rings. The molecule has 3 rings (SSSR count). The second kappa shape index (κ2) is 8.87. The number of nitrogens with zero attached hydrogens (tertiary/aromatic N) is 3. The first kappa shape index (κ1) is 17.7. The Morgan fingerprint density at radius 2 is 2.17 bits per heavy atom.